The number of nitrogens with zero attached hydrogens (tertiary/aromatic N) is 1. The maximum atomic E-state index is 13.7. The lowest BCUT2D eigenvalue weighted by molar-refractivity contribution is -0.114. The topological polar surface area (TPSA) is 66.5 Å². The van der Waals surface area contributed by atoms with E-state index in [1.807, 2.05) is 13.8 Å². The summed E-state index contributed by atoms with van der Waals surface area (Å²) < 4.78 is 52.1. The van der Waals surface area contributed by atoms with Gasteiger partial charge in [-0.05, 0) is 29.7 Å². The van der Waals surface area contributed by atoms with Crippen LogP contribution < -0.4 is 9.62 Å². The molecule has 5 nitrogen and oxygen atoms in total. The molecule has 2 aromatic rings. The van der Waals surface area contributed by atoms with E-state index in [-0.39, 0.29) is 11.6 Å². The molecule has 0 bridgehead atoms. The summed E-state index contributed by atoms with van der Waals surface area (Å²) in [5, 5.41) is 2.27. The van der Waals surface area contributed by atoms with Crippen LogP contribution in [-0.2, 0) is 14.8 Å². The molecule has 0 aliphatic carbocycles. The van der Waals surface area contributed by atoms with Crippen LogP contribution in [0.1, 0.15) is 25.3 Å². The third kappa shape index (κ3) is 4.78. The van der Waals surface area contributed by atoms with E-state index in [4.69, 9.17) is 0 Å². The molecule has 1 amide bonds. The lowest BCUT2D eigenvalue weighted by atomic mass is 10.0. The average Bonchev–Trinajstić information content (AvgIpc) is 2.54. The monoisotopic (exact) mass is 382 g/mol. The zero-order chi connectivity index (χ0) is 19.5. The van der Waals surface area contributed by atoms with Crippen molar-refractivity contribution >= 4 is 27.3 Å². The molecule has 0 aliphatic heterocycles. The highest BCUT2D eigenvalue weighted by Crippen LogP contribution is 2.29. The van der Waals surface area contributed by atoms with Gasteiger partial charge in [0, 0.05) is 6.07 Å². The van der Waals surface area contributed by atoms with Crippen LogP contribution in [0.15, 0.2) is 42.5 Å². The lowest BCUT2D eigenvalue weighted by Gasteiger charge is -2.25. The Kier molecular flexibility index (Phi) is 5.97. The number of benzene rings is 2. The Morgan fingerprint density at radius 3 is 2.38 bits per heavy atom. The summed E-state index contributed by atoms with van der Waals surface area (Å²) in [5.41, 5.74) is 0.931. The van der Waals surface area contributed by atoms with Crippen molar-refractivity contribution in [3.63, 3.8) is 0 Å². The van der Waals surface area contributed by atoms with Gasteiger partial charge < -0.3 is 5.32 Å². The number of nitrogens with one attached hydrogen (secondary N) is 1. The molecule has 2 rings (SSSR count). The van der Waals surface area contributed by atoms with Crippen molar-refractivity contribution in [2.75, 3.05) is 22.4 Å². The summed E-state index contributed by atoms with van der Waals surface area (Å²) in [4.78, 5) is 12.3. The molecule has 26 heavy (non-hydrogen) atoms. The molecule has 8 heteroatoms. The largest absolute Gasteiger partial charge is 0.322 e. The Hall–Kier alpha value is -2.48. The molecule has 1 N–H and O–H groups in total. The van der Waals surface area contributed by atoms with Crippen molar-refractivity contribution in [1.29, 1.82) is 0 Å². The van der Waals surface area contributed by atoms with Crippen molar-refractivity contribution in [1.82, 2.24) is 0 Å². The van der Waals surface area contributed by atoms with Gasteiger partial charge in [0.1, 0.15) is 18.2 Å². The molecule has 0 fully saturated rings. The number of carbonyl (C=O) groups excluding carboxylic acids is 1. The molecular weight excluding hydrogens is 362 g/mol. The number of rotatable bonds is 6. The fourth-order valence-corrected chi connectivity index (χ4v) is 3.37. The maximum Gasteiger partial charge on any atom is 0.245 e. The molecule has 0 spiro atoms. The molecule has 0 saturated carbocycles. The number of anilines is 2. The van der Waals surface area contributed by atoms with Gasteiger partial charge in [0.25, 0.3) is 0 Å². The van der Waals surface area contributed by atoms with Crippen molar-refractivity contribution < 1.29 is 22.0 Å². The number of hydrogen-bond donors (Lipinski definition) is 1. The maximum absolute atomic E-state index is 13.7. The highest BCUT2D eigenvalue weighted by atomic mass is 32.2. The second-order valence-electron chi connectivity index (χ2n) is 6.16. The van der Waals surface area contributed by atoms with Gasteiger partial charge in [-0.1, -0.05) is 32.0 Å². The summed E-state index contributed by atoms with van der Waals surface area (Å²) in [7, 11) is -3.76. The van der Waals surface area contributed by atoms with Crippen LogP contribution >= 0.6 is 0 Å². The van der Waals surface area contributed by atoms with Crippen LogP contribution in [0.3, 0.4) is 0 Å². The molecule has 0 atom stereocenters. The Labute approximate surface area is 151 Å². The predicted molar refractivity (Wildman–Crippen MR) is 97.7 cm³/mol. The van der Waals surface area contributed by atoms with Gasteiger partial charge in [-0.25, -0.2) is 17.2 Å². The molecule has 0 heterocycles. The minimum absolute atomic E-state index is 0.0352. The minimum atomic E-state index is -3.76. The summed E-state index contributed by atoms with van der Waals surface area (Å²) in [5.74, 6) is -2.41. The van der Waals surface area contributed by atoms with Gasteiger partial charge in [0.15, 0.2) is 0 Å². The van der Waals surface area contributed by atoms with Crippen molar-refractivity contribution in [3.05, 3.63) is 59.7 Å². The molecule has 0 radical (unpaired) electrons. The van der Waals surface area contributed by atoms with Crippen molar-refractivity contribution in [2.24, 2.45) is 0 Å². The van der Waals surface area contributed by atoms with E-state index >= 15 is 0 Å². The minimum Gasteiger partial charge on any atom is -0.322 e. The summed E-state index contributed by atoms with van der Waals surface area (Å²) in [6.45, 7) is 3.29. The number of halogens is 2. The molecule has 140 valence electrons. The molecule has 0 unspecified atom stereocenters. The SMILES string of the molecule is CC(C)c1ccccc1N(CC(=O)Nc1ccc(F)cc1F)S(C)(=O)=O. The lowest BCUT2D eigenvalue weighted by Crippen LogP contribution is -2.38. The average molecular weight is 382 g/mol. The van der Waals surface area contributed by atoms with Gasteiger partial charge in [0.2, 0.25) is 15.9 Å². The third-order valence-corrected chi connectivity index (χ3v) is 4.85. The first-order valence-electron chi connectivity index (χ1n) is 7.91. The summed E-state index contributed by atoms with van der Waals surface area (Å²) >= 11 is 0. The normalized spacial score (nSPS) is 11.5. The molecule has 0 aromatic heterocycles. The van der Waals surface area contributed by atoms with Crippen LogP contribution in [0.5, 0.6) is 0 Å². The first-order valence-corrected chi connectivity index (χ1v) is 9.76. The molecular formula is C18H20F2N2O3S. The molecule has 0 saturated heterocycles. The Morgan fingerprint density at radius 1 is 1.15 bits per heavy atom. The smallest absolute Gasteiger partial charge is 0.245 e. The van der Waals surface area contributed by atoms with E-state index in [1.165, 1.54) is 0 Å². The Bertz CT molecular complexity index is 914. The van der Waals surface area contributed by atoms with E-state index in [2.05, 4.69) is 5.32 Å². The van der Waals surface area contributed by atoms with E-state index < -0.39 is 34.1 Å². The zero-order valence-electron chi connectivity index (χ0n) is 14.7. The van der Waals surface area contributed by atoms with Gasteiger partial charge in [0.05, 0.1) is 17.6 Å². The van der Waals surface area contributed by atoms with Crippen LogP contribution in [0.4, 0.5) is 20.2 Å². The van der Waals surface area contributed by atoms with E-state index in [9.17, 15) is 22.0 Å². The number of hydrogen-bond acceptors (Lipinski definition) is 3. The second-order valence-corrected chi connectivity index (χ2v) is 8.06. The number of sulfonamides is 1. The first kappa shape index (κ1) is 19.8. The highest BCUT2D eigenvalue weighted by molar-refractivity contribution is 7.92. The van der Waals surface area contributed by atoms with E-state index in [0.29, 0.717) is 11.8 Å². The highest BCUT2D eigenvalue weighted by Gasteiger charge is 2.24. The number of carbonyl (C=O) groups is 1. The second kappa shape index (κ2) is 7.82. The van der Waals surface area contributed by atoms with Crippen LogP contribution in [0.25, 0.3) is 0 Å². The Morgan fingerprint density at radius 2 is 1.81 bits per heavy atom. The van der Waals surface area contributed by atoms with Gasteiger partial charge >= 0.3 is 0 Å². The van der Waals surface area contributed by atoms with Gasteiger partial charge in [-0.2, -0.15) is 0 Å². The molecule has 0 aliphatic rings. The quantitative estimate of drug-likeness (QED) is 0.832. The third-order valence-electron chi connectivity index (χ3n) is 3.72. The van der Waals surface area contributed by atoms with Gasteiger partial charge in [-0.15, -0.1) is 0 Å². The predicted octanol–water partition coefficient (Wildman–Crippen LogP) is 3.49. The fourth-order valence-electron chi connectivity index (χ4n) is 2.49. The van der Waals surface area contributed by atoms with Crippen molar-refractivity contribution in [2.45, 2.75) is 19.8 Å². The van der Waals surface area contributed by atoms with Crippen LogP contribution in [-0.4, -0.2) is 27.1 Å². The number of amides is 1. The number of para-hydroxylation sites is 1. The van der Waals surface area contributed by atoms with Crippen LogP contribution in [0, 0.1) is 11.6 Å². The summed E-state index contributed by atoms with van der Waals surface area (Å²) in [6.07, 6.45) is 0.996. The molecule has 2 aromatic carbocycles. The zero-order valence-corrected chi connectivity index (χ0v) is 15.5. The standard InChI is InChI=1S/C18H20F2N2O3S/c1-12(2)14-6-4-5-7-17(14)22(26(3,24)25)11-18(23)21-16-9-8-13(19)10-15(16)20/h4-10,12H,11H2,1-3H3,(H,21,23). The summed E-state index contributed by atoms with van der Waals surface area (Å²) in [6, 6.07) is 9.58. The fraction of sp³-hybridized carbons (Fsp3) is 0.278. The van der Waals surface area contributed by atoms with Gasteiger partial charge in [-0.3, -0.25) is 9.10 Å². The van der Waals surface area contributed by atoms with E-state index in [0.717, 1.165) is 28.3 Å². The Balaban J connectivity index is 2.31. The van der Waals surface area contributed by atoms with E-state index in [1.54, 1.807) is 24.3 Å². The van der Waals surface area contributed by atoms with Crippen molar-refractivity contribution in [3.8, 4) is 0 Å². The first-order chi connectivity index (χ1) is 12.1. The van der Waals surface area contributed by atoms with Crippen LogP contribution in [0.2, 0.25) is 0 Å².